The molecule has 0 radical (unpaired) electrons. The molecule has 0 bridgehead atoms. The molecule has 0 aromatic carbocycles. The third-order valence-electron chi connectivity index (χ3n) is 4.75. The molecule has 23 heavy (non-hydrogen) atoms. The molecule has 0 atom stereocenters. The van der Waals surface area contributed by atoms with Crippen molar-refractivity contribution in [3.8, 4) is 0 Å². The van der Waals surface area contributed by atoms with E-state index in [2.05, 4.69) is 16.1 Å². The van der Waals surface area contributed by atoms with Crippen molar-refractivity contribution in [2.45, 2.75) is 45.1 Å². The highest BCUT2D eigenvalue weighted by Crippen LogP contribution is 2.24. The number of hydrogen-bond acceptors (Lipinski definition) is 4. The monoisotopic (exact) mass is 317 g/mol. The molecule has 0 spiro atoms. The van der Waals surface area contributed by atoms with Gasteiger partial charge in [-0.05, 0) is 56.7 Å². The Hall–Kier alpha value is -1.46. The lowest BCUT2D eigenvalue weighted by atomic mass is 9.95. The number of hydrogen-bond donors (Lipinski definition) is 0. The van der Waals surface area contributed by atoms with Gasteiger partial charge in [-0.3, -0.25) is 9.69 Å². The summed E-state index contributed by atoms with van der Waals surface area (Å²) in [6, 6.07) is 1.88. The molecule has 5 heteroatoms. The van der Waals surface area contributed by atoms with Crippen molar-refractivity contribution in [1.29, 1.82) is 0 Å². The van der Waals surface area contributed by atoms with Crippen LogP contribution in [-0.2, 0) is 11.3 Å². The van der Waals surface area contributed by atoms with Crippen molar-refractivity contribution in [2.24, 2.45) is 0 Å². The fraction of sp³-hybridized carbons (Fsp3) is 0.667. The van der Waals surface area contributed by atoms with Crippen LogP contribution in [0.3, 0.4) is 0 Å². The topological polar surface area (TPSA) is 47.4 Å². The molecule has 1 aromatic heterocycles. The average molecular weight is 317 g/mol. The second-order valence-electron chi connectivity index (χ2n) is 6.41. The van der Waals surface area contributed by atoms with Gasteiger partial charge in [-0.25, -0.2) is 4.68 Å². The first-order valence-electron chi connectivity index (χ1n) is 8.90. The maximum absolute atomic E-state index is 12.6. The molecule has 0 N–H and O–H groups in total. The fourth-order valence-corrected chi connectivity index (χ4v) is 3.36. The first-order valence-corrected chi connectivity index (χ1v) is 8.90. The van der Waals surface area contributed by atoms with Crippen LogP contribution < -0.4 is 5.56 Å². The van der Waals surface area contributed by atoms with Gasteiger partial charge in [0.25, 0.3) is 5.56 Å². The summed E-state index contributed by atoms with van der Waals surface area (Å²) in [7, 11) is 0. The van der Waals surface area contributed by atoms with Crippen LogP contribution in [0.4, 0.5) is 0 Å². The van der Waals surface area contributed by atoms with Crippen LogP contribution in [0.25, 0.3) is 5.57 Å². The molecule has 0 saturated carbocycles. The largest absolute Gasteiger partial charge is 0.379 e. The Morgan fingerprint density at radius 1 is 1.13 bits per heavy atom. The van der Waals surface area contributed by atoms with Crippen LogP contribution in [0, 0.1) is 0 Å². The van der Waals surface area contributed by atoms with Crippen molar-refractivity contribution in [1.82, 2.24) is 14.7 Å². The standard InChI is InChI=1S/C18H27N3O2/c22-18-17(16-6-2-1-3-7-16)8-9-19-21(18)11-5-4-10-20-12-14-23-15-13-20/h6,8-9H,1-5,7,10-15H2. The van der Waals surface area contributed by atoms with E-state index < -0.39 is 0 Å². The molecule has 3 rings (SSSR count). The van der Waals surface area contributed by atoms with Crippen molar-refractivity contribution in [3.05, 3.63) is 34.3 Å². The minimum Gasteiger partial charge on any atom is -0.379 e. The predicted octanol–water partition coefficient (Wildman–Crippen LogP) is 2.31. The lowest BCUT2D eigenvalue weighted by Gasteiger charge is -2.26. The van der Waals surface area contributed by atoms with E-state index in [0.29, 0.717) is 6.54 Å². The normalized spacial score (nSPS) is 19.6. The third kappa shape index (κ3) is 4.52. The summed E-state index contributed by atoms with van der Waals surface area (Å²) in [4.78, 5) is 15.0. The number of rotatable bonds is 6. The Kier molecular flexibility index (Phi) is 6.00. The summed E-state index contributed by atoms with van der Waals surface area (Å²) < 4.78 is 7.00. The Balaban J connectivity index is 1.53. The zero-order valence-electron chi connectivity index (χ0n) is 13.9. The van der Waals surface area contributed by atoms with Crippen LogP contribution >= 0.6 is 0 Å². The van der Waals surface area contributed by atoms with Gasteiger partial charge < -0.3 is 4.74 Å². The van der Waals surface area contributed by atoms with Gasteiger partial charge in [0, 0.05) is 31.4 Å². The molecule has 1 aliphatic carbocycles. The van der Waals surface area contributed by atoms with Crippen molar-refractivity contribution in [2.75, 3.05) is 32.8 Å². The van der Waals surface area contributed by atoms with E-state index in [1.165, 1.54) is 18.4 Å². The molecule has 2 aliphatic rings. The summed E-state index contributed by atoms with van der Waals surface area (Å²) in [5.41, 5.74) is 2.14. The SMILES string of the molecule is O=c1c(C2=CCCCC2)ccnn1CCCCN1CCOCC1. The molecule has 1 fully saturated rings. The summed E-state index contributed by atoms with van der Waals surface area (Å²) in [5, 5.41) is 4.26. The number of ether oxygens (including phenoxy) is 1. The Morgan fingerprint density at radius 3 is 2.74 bits per heavy atom. The van der Waals surface area contributed by atoms with Gasteiger partial charge in [0.15, 0.2) is 0 Å². The molecule has 2 heterocycles. The zero-order chi connectivity index (χ0) is 15.9. The Morgan fingerprint density at radius 2 is 1.96 bits per heavy atom. The predicted molar refractivity (Wildman–Crippen MR) is 91.4 cm³/mol. The van der Waals surface area contributed by atoms with Crippen molar-refractivity contribution in [3.63, 3.8) is 0 Å². The van der Waals surface area contributed by atoms with E-state index in [1.54, 1.807) is 10.9 Å². The minimum atomic E-state index is 0.0759. The zero-order valence-corrected chi connectivity index (χ0v) is 13.9. The second-order valence-corrected chi connectivity index (χ2v) is 6.41. The maximum Gasteiger partial charge on any atom is 0.274 e. The molecular weight excluding hydrogens is 290 g/mol. The maximum atomic E-state index is 12.6. The van der Waals surface area contributed by atoms with Gasteiger partial charge in [-0.1, -0.05) is 6.08 Å². The van der Waals surface area contributed by atoms with Gasteiger partial charge >= 0.3 is 0 Å². The van der Waals surface area contributed by atoms with Crippen LogP contribution in [-0.4, -0.2) is 47.5 Å². The van der Waals surface area contributed by atoms with Crippen molar-refractivity contribution < 1.29 is 4.74 Å². The highest BCUT2D eigenvalue weighted by molar-refractivity contribution is 5.65. The van der Waals surface area contributed by atoms with E-state index in [9.17, 15) is 4.79 Å². The molecular formula is C18H27N3O2. The van der Waals surface area contributed by atoms with Gasteiger partial charge in [0.2, 0.25) is 0 Å². The molecule has 1 aliphatic heterocycles. The number of aromatic nitrogens is 2. The number of unbranched alkanes of at least 4 members (excludes halogenated alkanes) is 1. The van der Waals surface area contributed by atoms with Gasteiger partial charge in [-0.15, -0.1) is 0 Å². The number of nitrogens with zero attached hydrogens (tertiary/aromatic N) is 3. The quantitative estimate of drug-likeness (QED) is 0.756. The van der Waals surface area contributed by atoms with Gasteiger partial charge in [-0.2, -0.15) is 5.10 Å². The smallest absolute Gasteiger partial charge is 0.274 e. The molecule has 5 nitrogen and oxygen atoms in total. The second kappa shape index (κ2) is 8.41. The summed E-state index contributed by atoms with van der Waals surface area (Å²) in [6.45, 7) is 5.55. The molecule has 0 unspecified atom stereocenters. The van der Waals surface area contributed by atoms with E-state index in [1.807, 2.05) is 6.07 Å². The lowest BCUT2D eigenvalue weighted by molar-refractivity contribution is 0.0370. The summed E-state index contributed by atoms with van der Waals surface area (Å²) in [5.74, 6) is 0. The molecule has 126 valence electrons. The van der Waals surface area contributed by atoms with E-state index in [-0.39, 0.29) is 5.56 Å². The van der Waals surface area contributed by atoms with Crippen LogP contribution in [0.1, 0.15) is 44.1 Å². The molecule has 1 aromatic rings. The molecule has 0 amide bonds. The van der Waals surface area contributed by atoms with Crippen molar-refractivity contribution >= 4 is 5.57 Å². The highest BCUT2D eigenvalue weighted by atomic mass is 16.5. The van der Waals surface area contributed by atoms with E-state index in [0.717, 1.165) is 64.1 Å². The van der Waals surface area contributed by atoms with E-state index in [4.69, 9.17) is 4.74 Å². The Labute approximate surface area is 137 Å². The van der Waals surface area contributed by atoms with Gasteiger partial charge in [0.05, 0.1) is 13.2 Å². The number of aryl methyl sites for hydroxylation is 1. The summed E-state index contributed by atoms with van der Waals surface area (Å²) >= 11 is 0. The lowest BCUT2D eigenvalue weighted by Crippen LogP contribution is -2.37. The first kappa shape index (κ1) is 16.4. The average Bonchev–Trinajstić information content (AvgIpc) is 2.61. The fourth-order valence-electron chi connectivity index (χ4n) is 3.36. The van der Waals surface area contributed by atoms with Crippen LogP contribution in [0.5, 0.6) is 0 Å². The van der Waals surface area contributed by atoms with Crippen LogP contribution in [0.2, 0.25) is 0 Å². The minimum absolute atomic E-state index is 0.0759. The highest BCUT2D eigenvalue weighted by Gasteiger charge is 2.12. The molecule has 1 saturated heterocycles. The third-order valence-corrected chi connectivity index (χ3v) is 4.75. The number of morpholine rings is 1. The van der Waals surface area contributed by atoms with Gasteiger partial charge in [0.1, 0.15) is 0 Å². The van der Waals surface area contributed by atoms with E-state index >= 15 is 0 Å². The number of allylic oxidation sites excluding steroid dienone is 2. The first-order chi connectivity index (χ1) is 11.3. The summed E-state index contributed by atoms with van der Waals surface area (Å²) in [6.07, 6.45) is 10.6. The van der Waals surface area contributed by atoms with Crippen LogP contribution in [0.15, 0.2) is 23.1 Å². The Bertz CT molecular complexity index is 588.